The van der Waals surface area contributed by atoms with Crippen molar-refractivity contribution in [1.29, 1.82) is 0 Å². The molecule has 0 atom stereocenters. The fourth-order valence-corrected chi connectivity index (χ4v) is 5.90. The molecule has 0 saturated carbocycles. The molecule has 3 aromatic carbocycles. The maximum absolute atomic E-state index is 13.2. The Morgan fingerprint density at radius 1 is 0.938 bits per heavy atom. The number of carbonyl (C=O) groups excluding carboxylic acids is 1. The minimum Gasteiger partial charge on any atom is -0.284 e. The molecular weight excluding hydrogens is 464 g/mol. The average molecular weight is 485 g/mol. The van der Waals surface area contributed by atoms with Crippen LogP contribution in [0, 0.1) is 0 Å². The quantitative estimate of drug-likeness (QED) is 0.331. The van der Waals surface area contributed by atoms with Crippen LogP contribution in [0.4, 0.5) is 5.13 Å². The van der Waals surface area contributed by atoms with Gasteiger partial charge in [0.15, 0.2) is 15.0 Å². The lowest BCUT2D eigenvalue weighted by atomic mass is 10.2. The summed E-state index contributed by atoms with van der Waals surface area (Å²) < 4.78 is 26.1. The third-order valence-corrected chi connectivity index (χ3v) is 7.79. The number of nitrogens with zero attached hydrogens (tertiary/aromatic N) is 2. The van der Waals surface area contributed by atoms with Crippen LogP contribution in [0.2, 0.25) is 5.02 Å². The van der Waals surface area contributed by atoms with Gasteiger partial charge in [-0.1, -0.05) is 83.6 Å². The number of fused-ring (bicyclic) bond motifs is 1. The van der Waals surface area contributed by atoms with E-state index in [9.17, 15) is 13.2 Å². The number of hydrogen-bond acceptors (Lipinski definition) is 5. The number of amides is 1. The van der Waals surface area contributed by atoms with Crippen LogP contribution < -0.4 is 4.90 Å². The third-order valence-electron chi connectivity index (χ3n) is 4.91. The molecule has 5 nitrogen and oxygen atoms in total. The Balaban J connectivity index is 1.55. The minimum absolute atomic E-state index is 0.0839. The van der Waals surface area contributed by atoms with Crippen molar-refractivity contribution in [3.63, 3.8) is 0 Å². The molecule has 1 aromatic heterocycles. The van der Waals surface area contributed by atoms with Gasteiger partial charge in [0, 0.05) is 11.4 Å². The molecule has 0 aliphatic rings. The van der Waals surface area contributed by atoms with Gasteiger partial charge in [-0.2, -0.15) is 0 Å². The highest BCUT2D eigenvalue weighted by molar-refractivity contribution is 7.90. The monoisotopic (exact) mass is 484 g/mol. The van der Waals surface area contributed by atoms with E-state index in [2.05, 4.69) is 4.98 Å². The van der Waals surface area contributed by atoms with Crippen molar-refractivity contribution in [3.05, 3.63) is 95.0 Å². The van der Waals surface area contributed by atoms with Crippen LogP contribution in [0.15, 0.2) is 78.9 Å². The largest absolute Gasteiger partial charge is 0.284 e. The van der Waals surface area contributed by atoms with Gasteiger partial charge in [-0.25, -0.2) is 13.4 Å². The molecule has 0 bridgehead atoms. The molecule has 0 saturated heterocycles. The SMILES string of the molecule is O=C(CCS(=O)(=O)Cc1ccccc1)N(Cc1ccccc1)c1nc2ccc(Cl)cc2s1. The van der Waals surface area contributed by atoms with Crippen LogP contribution in [-0.2, 0) is 26.9 Å². The van der Waals surface area contributed by atoms with E-state index in [1.54, 1.807) is 35.2 Å². The second kappa shape index (κ2) is 9.81. The summed E-state index contributed by atoms with van der Waals surface area (Å²) in [6.45, 7) is 0.311. The fraction of sp³-hybridized carbons (Fsp3) is 0.167. The van der Waals surface area contributed by atoms with Crippen LogP contribution in [0.3, 0.4) is 0 Å². The van der Waals surface area contributed by atoms with Crippen molar-refractivity contribution in [2.45, 2.75) is 18.7 Å². The Kier molecular flexibility index (Phi) is 6.89. The molecule has 1 amide bonds. The number of hydrogen-bond donors (Lipinski definition) is 0. The number of rotatable bonds is 8. The van der Waals surface area contributed by atoms with E-state index in [4.69, 9.17) is 11.6 Å². The summed E-state index contributed by atoms with van der Waals surface area (Å²) in [5, 5.41) is 1.12. The van der Waals surface area contributed by atoms with Gasteiger partial charge in [0.05, 0.1) is 28.3 Å². The van der Waals surface area contributed by atoms with E-state index >= 15 is 0 Å². The molecule has 8 heteroatoms. The van der Waals surface area contributed by atoms with Gasteiger partial charge in [-0.15, -0.1) is 0 Å². The molecule has 0 aliphatic carbocycles. The lowest BCUT2D eigenvalue weighted by molar-refractivity contribution is -0.118. The number of thiazole rings is 1. The first-order chi connectivity index (χ1) is 15.4. The Hall–Kier alpha value is -2.74. The molecule has 0 aliphatic heterocycles. The van der Waals surface area contributed by atoms with Crippen LogP contribution in [-0.4, -0.2) is 25.1 Å². The Morgan fingerprint density at radius 3 is 2.28 bits per heavy atom. The zero-order valence-electron chi connectivity index (χ0n) is 17.1. The van der Waals surface area contributed by atoms with E-state index in [-0.39, 0.29) is 23.8 Å². The van der Waals surface area contributed by atoms with E-state index < -0.39 is 9.84 Å². The van der Waals surface area contributed by atoms with Crippen LogP contribution in [0.5, 0.6) is 0 Å². The normalized spacial score (nSPS) is 11.5. The lowest BCUT2D eigenvalue weighted by Gasteiger charge is -2.20. The highest BCUT2D eigenvalue weighted by atomic mass is 35.5. The number of benzene rings is 3. The fourth-order valence-electron chi connectivity index (χ4n) is 3.31. The summed E-state index contributed by atoms with van der Waals surface area (Å²) in [7, 11) is -3.43. The molecule has 164 valence electrons. The van der Waals surface area contributed by atoms with Gasteiger partial charge in [0.25, 0.3) is 0 Å². The van der Waals surface area contributed by atoms with Gasteiger partial charge >= 0.3 is 0 Å². The summed E-state index contributed by atoms with van der Waals surface area (Å²) >= 11 is 7.46. The molecule has 0 radical (unpaired) electrons. The van der Waals surface area contributed by atoms with Gasteiger partial charge < -0.3 is 0 Å². The Labute approximate surface area is 196 Å². The van der Waals surface area contributed by atoms with E-state index in [0.29, 0.717) is 22.3 Å². The molecule has 32 heavy (non-hydrogen) atoms. The van der Waals surface area contributed by atoms with E-state index in [0.717, 1.165) is 15.8 Å². The first-order valence-electron chi connectivity index (χ1n) is 10.0. The summed E-state index contributed by atoms with van der Waals surface area (Å²) in [6, 6.07) is 23.9. The number of sulfone groups is 1. The second-order valence-electron chi connectivity index (χ2n) is 7.40. The van der Waals surface area contributed by atoms with E-state index in [1.807, 2.05) is 48.5 Å². The van der Waals surface area contributed by atoms with Gasteiger partial charge in [0.1, 0.15) is 0 Å². The summed E-state index contributed by atoms with van der Waals surface area (Å²) in [5.74, 6) is -0.585. The molecule has 4 rings (SSSR count). The minimum atomic E-state index is -3.43. The predicted octanol–water partition coefficient (Wildman–Crippen LogP) is 5.49. The Morgan fingerprint density at radius 2 is 1.59 bits per heavy atom. The van der Waals surface area contributed by atoms with Crippen molar-refractivity contribution in [2.24, 2.45) is 0 Å². The van der Waals surface area contributed by atoms with Crippen molar-refractivity contribution < 1.29 is 13.2 Å². The first kappa shape index (κ1) is 22.5. The van der Waals surface area contributed by atoms with Crippen molar-refractivity contribution in [1.82, 2.24) is 4.98 Å². The third kappa shape index (κ3) is 5.73. The van der Waals surface area contributed by atoms with Gasteiger partial charge in [-0.3, -0.25) is 9.69 Å². The smallest absolute Gasteiger partial charge is 0.230 e. The molecule has 1 heterocycles. The topological polar surface area (TPSA) is 67.3 Å². The second-order valence-corrected chi connectivity index (χ2v) is 11.0. The zero-order valence-corrected chi connectivity index (χ0v) is 19.5. The summed E-state index contributed by atoms with van der Waals surface area (Å²) in [5.41, 5.74) is 2.39. The maximum atomic E-state index is 13.2. The average Bonchev–Trinajstić information content (AvgIpc) is 3.20. The maximum Gasteiger partial charge on any atom is 0.230 e. The molecule has 0 unspecified atom stereocenters. The Bertz CT molecular complexity index is 1320. The number of aromatic nitrogens is 1. The number of anilines is 1. The first-order valence-corrected chi connectivity index (χ1v) is 13.1. The van der Waals surface area contributed by atoms with Crippen LogP contribution in [0.1, 0.15) is 17.5 Å². The van der Waals surface area contributed by atoms with E-state index in [1.165, 1.54) is 11.3 Å². The molecule has 0 N–H and O–H groups in total. The highest BCUT2D eigenvalue weighted by Gasteiger charge is 2.23. The zero-order chi connectivity index (χ0) is 22.6. The standard InChI is InChI=1S/C24H21ClN2O3S2/c25-20-11-12-21-22(15-20)31-24(26-21)27(16-18-7-3-1-4-8-18)23(28)13-14-32(29,30)17-19-9-5-2-6-10-19/h1-12,15H,13-14,16-17H2. The molecular formula is C24H21ClN2O3S2. The van der Waals surface area contributed by atoms with Crippen LogP contribution >= 0.6 is 22.9 Å². The molecule has 0 spiro atoms. The van der Waals surface area contributed by atoms with Crippen LogP contribution in [0.25, 0.3) is 10.2 Å². The van der Waals surface area contributed by atoms with Gasteiger partial charge in [-0.05, 0) is 29.3 Å². The lowest BCUT2D eigenvalue weighted by Crippen LogP contribution is -2.31. The van der Waals surface area contributed by atoms with Gasteiger partial charge in [0.2, 0.25) is 5.91 Å². The summed E-state index contributed by atoms with van der Waals surface area (Å²) in [6.07, 6.45) is -0.112. The molecule has 4 aromatic rings. The van der Waals surface area contributed by atoms with Crippen molar-refractivity contribution in [2.75, 3.05) is 10.7 Å². The van der Waals surface area contributed by atoms with Crippen molar-refractivity contribution >= 4 is 54.0 Å². The van der Waals surface area contributed by atoms with Crippen molar-refractivity contribution in [3.8, 4) is 0 Å². The summed E-state index contributed by atoms with van der Waals surface area (Å²) in [4.78, 5) is 19.4. The number of carbonyl (C=O) groups is 1. The highest BCUT2D eigenvalue weighted by Crippen LogP contribution is 2.32. The number of halogens is 1. The predicted molar refractivity (Wildman–Crippen MR) is 131 cm³/mol. The molecule has 0 fully saturated rings.